The predicted molar refractivity (Wildman–Crippen MR) is 70.9 cm³/mol. The lowest BCUT2D eigenvalue weighted by molar-refractivity contribution is 0.0547. The largest absolute Gasteiger partial charge is 0.393 e. The van der Waals surface area contributed by atoms with Gasteiger partial charge in [-0.1, -0.05) is 0 Å². The quantitative estimate of drug-likeness (QED) is 0.553. The average molecular weight is 315 g/mol. The number of nitrogens with zero attached hydrogens (tertiary/aromatic N) is 2. The standard InChI is InChI=1S/C11H15BrN4O2/c12-7-5-9(10(15-13)14-6-7)11(18)16-3-1-8(17)2-4-16/h5-6,8,17H,1-4,13H2,(H,14,15). The van der Waals surface area contributed by atoms with Gasteiger partial charge in [0.1, 0.15) is 0 Å². The number of likely N-dealkylation sites (tertiary alicyclic amines) is 1. The number of aromatic nitrogens is 1. The number of hydrogen-bond acceptors (Lipinski definition) is 5. The van der Waals surface area contributed by atoms with Crippen LogP contribution in [0.4, 0.5) is 5.82 Å². The molecule has 2 heterocycles. The van der Waals surface area contributed by atoms with E-state index in [-0.39, 0.29) is 12.0 Å². The van der Waals surface area contributed by atoms with E-state index < -0.39 is 0 Å². The van der Waals surface area contributed by atoms with Crippen molar-refractivity contribution in [2.24, 2.45) is 5.84 Å². The van der Waals surface area contributed by atoms with E-state index in [2.05, 4.69) is 26.3 Å². The number of anilines is 1. The first kappa shape index (κ1) is 13.3. The maximum absolute atomic E-state index is 12.3. The Balaban J connectivity index is 2.20. The Hall–Kier alpha value is -1.18. The van der Waals surface area contributed by atoms with Gasteiger partial charge in [-0.05, 0) is 34.8 Å². The van der Waals surface area contributed by atoms with Gasteiger partial charge in [0.2, 0.25) is 0 Å². The molecule has 0 unspecified atom stereocenters. The van der Waals surface area contributed by atoms with Gasteiger partial charge >= 0.3 is 0 Å². The number of carbonyl (C=O) groups excluding carboxylic acids is 1. The second-order valence-corrected chi connectivity index (χ2v) is 5.13. The number of pyridine rings is 1. The SMILES string of the molecule is NNc1ncc(Br)cc1C(=O)N1CCC(O)CC1. The third-order valence-corrected chi connectivity index (χ3v) is 3.41. The highest BCUT2D eigenvalue weighted by molar-refractivity contribution is 9.10. The fourth-order valence-electron chi connectivity index (χ4n) is 1.96. The van der Waals surface area contributed by atoms with Gasteiger partial charge in [0.15, 0.2) is 5.82 Å². The maximum atomic E-state index is 12.3. The summed E-state index contributed by atoms with van der Waals surface area (Å²) in [5.41, 5.74) is 2.86. The van der Waals surface area contributed by atoms with Gasteiger partial charge < -0.3 is 15.4 Å². The van der Waals surface area contributed by atoms with Gasteiger partial charge in [0.25, 0.3) is 5.91 Å². The molecular weight excluding hydrogens is 300 g/mol. The molecule has 1 saturated heterocycles. The number of aliphatic hydroxyl groups excluding tert-OH is 1. The molecule has 1 fully saturated rings. The highest BCUT2D eigenvalue weighted by Gasteiger charge is 2.24. The van der Waals surface area contributed by atoms with E-state index in [1.807, 2.05) is 0 Å². The summed E-state index contributed by atoms with van der Waals surface area (Å²) in [7, 11) is 0. The Labute approximate surface area is 113 Å². The van der Waals surface area contributed by atoms with Crippen molar-refractivity contribution in [2.75, 3.05) is 18.5 Å². The molecule has 1 amide bonds. The first-order valence-corrected chi connectivity index (χ1v) is 6.50. The smallest absolute Gasteiger partial charge is 0.257 e. The lowest BCUT2D eigenvalue weighted by atomic mass is 10.1. The minimum atomic E-state index is -0.304. The number of hydrogen-bond donors (Lipinski definition) is 3. The van der Waals surface area contributed by atoms with E-state index in [1.165, 1.54) is 0 Å². The summed E-state index contributed by atoms with van der Waals surface area (Å²) in [5.74, 6) is 5.59. The van der Waals surface area contributed by atoms with Crippen LogP contribution < -0.4 is 11.3 Å². The molecule has 1 aromatic heterocycles. The second-order valence-electron chi connectivity index (χ2n) is 4.22. The van der Waals surface area contributed by atoms with Crippen LogP contribution in [0, 0.1) is 0 Å². The highest BCUT2D eigenvalue weighted by Crippen LogP contribution is 2.21. The summed E-state index contributed by atoms with van der Waals surface area (Å²) in [6.45, 7) is 1.10. The van der Waals surface area contributed by atoms with Crippen molar-refractivity contribution in [1.29, 1.82) is 0 Å². The van der Waals surface area contributed by atoms with Gasteiger partial charge in [-0.2, -0.15) is 0 Å². The zero-order valence-corrected chi connectivity index (χ0v) is 11.4. The number of nitrogen functional groups attached to an aromatic ring is 1. The summed E-state index contributed by atoms with van der Waals surface area (Å²) >= 11 is 3.29. The summed E-state index contributed by atoms with van der Waals surface area (Å²) in [6.07, 6.45) is 2.49. The number of nitrogens with two attached hydrogens (primary N) is 1. The van der Waals surface area contributed by atoms with Crippen LogP contribution in [-0.4, -0.2) is 40.1 Å². The summed E-state index contributed by atoms with van der Waals surface area (Å²) in [5, 5.41) is 9.43. The van der Waals surface area contributed by atoms with Crippen LogP contribution in [0.15, 0.2) is 16.7 Å². The fourth-order valence-corrected chi connectivity index (χ4v) is 2.29. The molecule has 0 bridgehead atoms. The Morgan fingerprint density at radius 2 is 2.22 bits per heavy atom. The second kappa shape index (κ2) is 5.64. The molecule has 0 aromatic carbocycles. The Morgan fingerprint density at radius 1 is 1.56 bits per heavy atom. The zero-order valence-electron chi connectivity index (χ0n) is 9.77. The molecule has 0 atom stereocenters. The van der Waals surface area contributed by atoms with Crippen molar-refractivity contribution in [2.45, 2.75) is 18.9 Å². The zero-order chi connectivity index (χ0) is 13.1. The summed E-state index contributed by atoms with van der Waals surface area (Å²) < 4.78 is 0.724. The molecule has 0 radical (unpaired) electrons. The summed E-state index contributed by atoms with van der Waals surface area (Å²) in [4.78, 5) is 18.1. The van der Waals surface area contributed by atoms with Gasteiger partial charge in [-0.25, -0.2) is 10.8 Å². The van der Waals surface area contributed by atoms with Crippen LogP contribution in [-0.2, 0) is 0 Å². The van der Waals surface area contributed by atoms with E-state index in [0.29, 0.717) is 37.3 Å². The molecular formula is C11H15BrN4O2. The molecule has 1 aliphatic rings. The van der Waals surface area contributed by atoms with Crippen LogP contribution in [0.1, 0.15) is 23.2 Å². The lowest BCUT2D eigenvalue weighted by Gasteiger charge is -2.30. The molecule has 1 aromatic rings. The minimum absolute atomic E-state index is 0.122. The Morgan fingerprint density at radius 3 is 2.83 bits per heavy atom. The van der Waals surface area contributed by atoms with E-state index in [0.717, 1.165) is 4.47 Å². The molecule has 98 valence electrons. The predicted octanol–water partition coefficient (Wildman–Crippen LogP) is 0.727. The molecule has 2 rings (SSSR count). The lowest BCUT2D eigenvalue weighted by Crippen LogP contribution is -2.40. The van der Waals surface area contributed by atoms with Crippen LogP contribution in [0.2, 0.25) is 0 Å². The number of hydrazine groups is 1. The third kappa shape index (κ3) is 2.80. The van der Waals surface area contributed by atoms with Gasteiger partial charge in [-0.3, -0.25) is 4.79 Å². The van der Waals surface area contributed by atoms with E-state index in [1.54, 1.807) is 17.2 Å². The maximum Gasteiger partial charge on any atom is 0.257 e. The number of nitrogens with one attached hydrogen (secondary N) is 1. The van der Waals surface area contributed by atoms with Crippen LogP contribution >= 0.6 is 15.9 Å². The number of halogens is 1. The molecule has 7 heteroatoms. The molecule has 4 N–H and O–H groups in total. The third-order valence-electron chi connectivity index (χ3n) is 2.97. The number of piperidine rings is 1. The van der Waals surface area contributed by atoms with Crippen molar-refractivity contribution in [3.05, 3.63) is 22.3 Å². The first-order chi connectivity index (χ1) is 8.61. The fraction of sp³-hybridized carbons (Fsp3) is 0.455. The molecule has 18 heavy (non-hydrogen) atoms. The molecule has 6 nitrogen and oxygen atoms in total. The first-order valence-electron chi connectivity index (χ1n) is 5.71. The van der Waals surface area contributed by atoms with Crippen molar-refractivity contribution in [3.8, 4) is 0 Å². The Kier molecular flexibility index (Phi) is 4.15. The number of amides is 1. The summed E-state index contributed by atoms with van der Waals surface area (Å²) in [6, 6.07) is 1.69. The van der Waals surface area contributed by atoms with Gasteiger partial charge in [0.05, 0.1) is 11.7 Å². The van der Waals surface area contributed by atoms with Crippen LogP contribution in [0.3, 0.4) is 0 Å². The van der Waals surface area contributed by atoms with Crippen molar-refractivity contribution in [1.82, 2.24) is 9.88 Å². The Bertz CT molecular complexity index is 447. The van der Waals surface area contributed by atoms with Crippen LogP contribution in [0.25, 0.3) is 0 Å². The number of carbonyl (C=O) groups is 1. The number of aliphatic hydroxyl groups is 1. The highest BCUT2D eigenvalue weighted by atomic mass is 79.9. The van der Waals surface area contributed by atoms with Gasteiger partial charge in [-0.15, -0.1) is 0 Å². The molecule has 1 aliphatic heterocycles. The topological polar surface area (TPSA) is 91.5 Å². The van der Waals surface area contributed by atoms with Gasteiger partial charge in [0, 0.05) is 23.8 Å². The van der Waals surface area contributed by atoms with E-state index in [4.69, 9.17) is 5.84 Å². The average Bonchev–Trinajstić information content (AvgIpc) is 2.39. The normalized spacial score (nSPS) is 16.7. The molecule has 0 spiro atoms. The molecule has 0 aliphatic carbocycles. The van der Waals surface area contributed by atoms with E-state index in [9.17, 15) is 9.90 Å². The number of rotatable bonds is 2. The van der Waals surface area contributed by atoms with Crippen molar-refractivity contribution in [3.63, 3.8) is 0 Å². The van der Waals surface area contributed by atoms with Crippen molar-refractivity contribution >= 4 is 27.7 Å². The van der Waals surface area contributed by atoms with Crippen LogP contribution in [0.5, 0.6) is 0 Å². The monoisotopic (exact) mass is 314 g/mol. The van der Waals surface area contributed by atoms with E-state index >= 15 is 0 Å². The molecule has 0 saturated carbocycles. The van der Waals surface area contributed by atoms with Crippen molar-refractivity contribution < 1.29 is 9.90 Å². The minimum Gasteiger partial charge on any atom is -0.393 e.